The fourth-order valence-electron chi connectivity index (χ4n) is 2.37. The van der Waals surface area contributed by atoms with Crippen LogP contribution in [0.5, 0.6) is 0 Å². The van der Waals surface area contributed by atoms with Crippen molar-refractivity contribution in [3.63, 3.8) is 0 Å². The van der Waals surface area contributed by atoms with Crippen LogP contribution >= 0.6 is 0 Å². The molecule has 10 heteroatoms. The summed E-state index contributed by atoms with van der Waals surface area (Å²) in [7, 11) is -5.62. The third kappa shape index (κ3) is 2.69. The van der Waals surface area contributed by atoms with Crippen LogP contribution in [0.4, 0.5) is 18.0 Å². The molecular weight excluding hydrogens is 303 g/mol. The Kier molecular flexibility index (Phi) is 3.39. The van der Waals surface area contributed by atoms with Crippen LogP contribution < -0.4 is 0 Å². The summed E-state index contributed by atoms with van der Waals surface area (Å²) in [4.78, 5) is 11.9. The topological polar surface area (TPSA) is 83.9 Å². The van der Waals surface area contributed by atoms with Crippen LogP contribution in [-0.4, -0.2) is 43.1 Å². The zero-order valence-corrected chi connectivity index (χ0v) is 11.0. The molecule has 0 atom stereocenters. The minimum Gasteiger partial charge on any atom is -0.465 e. The Morgan fingerprint density at radius 3 is 2.40 bits per heavy atom. The summed E-state index contributed by atoms with van der Waals surface area (Å²) in [6, 6.07) is 0. The third-order valence-electron chi connectivity index (χ3n) is 3.49. The second-order valence-corrected chi connectivity index (χ2v) is 6.53. The second kappa shape index (κ2) is 4.54. The predicted molar refractivity (Wildman–Crippen MR) is 60.0 cm³/mol. The normalized spacial score (nSPS) is 22.1. The van der Waals surface area contributed by atoms with E-state index in [1.165, 1.54) is 11.0 Å². The molecule has 0 aromatic rings. The maximum absolute atomic E-state index is 12.1. The molecule has 1 amide bonds. The van der Waals surface area contributed by atoms with E-state index >= 15 is 0 Å². The number of carbonyl (C=O) groups is 1. The number of hydrogen-bond donors (Lipinski definition) is 1. The van der Waals surface area contributed by atoms with Gasteiger partial charge in [0.2, 0.25) is 0 Å². The number of rotatable bonds is 2. The minimum absolute atomic E-state index is 0.0444. The number of allylic oxidation sites excluding steroid dienone is 2. The molecule has 1 aliphatic carbocycles. The lowest BCUT2D eigenvalue weighted by Gasteiger charge is -2.50. The van der Waals surface area contributed by atoms with Crippen LogP contribution in [0, 0.1) is 5.41 Å². The lowest BCUT2D eigenvalue weighted by molar-refractivity contribution is -0.0530. The smallest absolute Gasteiger partial charge is 0.465 e. The molecule has 6 nitrogen and oxygen atoms in total. The Hall–Kier alpha value is -1.45. The molecule has 1 spiro atoms. The number of halogens is 3. The summed E-state index contributed by atoms with van der Waals surface area (Å²) in [6.45, 7) is 0.607. The molecule has 1 heterocycles. The average molecular weight is 315 g/mol. The molecule has 20 heavy (non-hydrogen) atoms. The Balaban J connectivity index is 1.97. The van der Waals surface area contributed by atoms with Gasteiger partial charge in [0.15, 0.2) is 0 Å². The standard InChI is InChI=1S/C10H12F3NO5S/c11-10(12,13)20(17,18)19-7-1-3-9(4-2-7)5-14(6-9)8(15)16/h1H,2-6H2,(H,15,16). The zero-order valence-electron chi connectivity index (χ0n) is 10.2. The number of hydrogen-bond acceptors (Lipinski definition) is 4. The lowest BCUT2D eigenvalue weighted by Crippen LogP contribution is -2.58. The molecule has 1 aliphatic heterocycles. The summed E-state index contributed by atoms with van der Waals surface area (Å²) >= 11 is 0. The van der Waals surface area contributed by atoms with Crippen molar-refractivity contribution < 1.29 is 35.7 Å². The molecule has 1 N–H and O–H groups in total. The van der Waals surface area contributed by atoms with Crippen molar-refractivity contribution >= 4 is 16.2 Å². The SMILES string of the molecule is O=C(O)N1CC2(CC=C(OS(=O)(=O)C(F)(F)F)CC2)C1. The van der Waals surface area contributed by atoms with Crippen molar-refractivity contribution in [2.75, 3.05) is 13.1 Å². The van der Waals surface area contributed by atoms with Gasteiger partial charge < -0.3 is 14.2 Å². The molecule has 2 aliphatic rings. The maximum atomic E-state index is 12.1. The van der Waals surface area contributed by atoms with E-state index in [-0.39, 0.29) is 17.6 Å². The number of alkyl halides is 3. The van der Waals surface area contributed by atoms with Gasteiger partial charge in [0, 0.05) is 24.9 Å². The first-order chi connectivity index (χ1) is 9.05. The van der Waals surface area contributed by atoms with E-state index in [2.05, 4.69) is 4.18 Å². The number of likely N-dealkylation sites (tertiary alicyclic amines) is 1. The van der Waals surface area contributed by atoms with Gasteiger partial charge in [0.1, 0.15) is 5.76 Å². The molecule has 0 aromatic heterocycles. The molecule has 0 bridgehead atoms. The molecule has 0 unspecified atom stereocenters. The monoisotopic (exact) mass is 315 g/mol. The summed E-state index contributed by atoms with van der Waals surface area (Å²) in [5, 5.41) is 8.72. The van der Waals surface area contributed by atoms with Crippen LogP contribution in [0.2, 0.25) is 0 Å². The first-order valence-electron chi connectivity index (χ1n) is 5.72. The van der Waals surface area contributed by atoms with Crippen molar-refractivity contribution in [3.8, 4) is 0 Å². The van der Waals surface area contributed by atoms with Gasteiger partial charge in [-0.1, -0.05) is 0 Å². The van der Waals surface area contributed by atoms with Gasteiger partial charge in [0.25, 0.3) is 0 Å². The molecular formula is C10H12F3NO5S. The highest BCUT2D eigenvalue weighted by Gasteiger charge is 2.50. The number of carboxylic acid groups (broad SMARTS) is 1. The second-order valence-electron chi connectivity index (χ2n) is 5.00. The van der Waals surface area contributed by atoms with E-state index in [1.54, 1.807) is 0 Å². The summed E-state index contributed by atoms with van der Waals surface area (Å²) < 4.78 is 62.2. The summed E-state index contributed by atoms with van der Waals surface area (Å²) in [5.74, 6) is -0.235. The molecule has 0 radical (unpaired) electrons. The van der Waals surface area contributed by atoms with Gasteiger partial charge in [-0.25, -0.2) is 4.79 Å². The van der Waals surface area contributed by atoms with Gasteiger partial charge in [-0.05, 0) is 18.9 Å². The quantitative estimate of drug-likeness (QED) is 0.621. The van der Waals surface area contributed by atoms with Gasteiger partial charge in [-0.15, -0.1) is 0 Å². The van der Waals surface area contributed by atoms with Crippen molar-refractivity contribution in [1.82, 2.24) is 4.90 Å². The Bertz CT molecular complexity index is 548. The number of nitrogens with zero attached hydrogens (tertiary/aromatic N) is 1. The van der Waals surface area contributed by atoms with Crippen molar-refractivity contribution in [2.24, 2.45) is 5.41 Å². The maximum Gasteiger partial charge on any atom is 0.534 e. The van der Waals surface area contributed by atoms with Gasteiger partial charge in [-0.2, -0.15) is 21.6 Å². The average Bonchev–Trinajstić information content (AvgIpc) is 2.24. The first kappa shape index (κ1) is 14.9. The number of amides is 1. The molecule has 0 aromatic carbocycles. The van der Waals surface area contributed by atoms with Crippen molar-refractivity contribution in [2.45, 2.75) is 24.8 Å². The highest BCUT2D eigenvalue weighted by Crippen LogP contribution is 2.44. The van der Waals surface area contributed by atoms with Gasteiger partial charge in [0.05, 0.1) is 0 Å². The van der Waals surface area contributed by atoms with Crippen LogP contribution in [0.1, 0.15) is 19.3 Å². The van der Waals surface area contributed by atoms with Crippen molar-refractivity contribution in [1.29, 1.82) is 0 Å². The van der Waals surface area contributed by atoms with E-state index in [1.807, 2.05) is 0 Å². The first-order valence-corrected chi connectivity index (χ1v) is 7.13. The Morgan fingerprint density at radius 1 is 1.40 bits per heavy atom. The molecule has 2 rings (SSSR count). The van der Waals surface area contributed by atoms with E-state index in [9.17, 15) is 26.4 Å². The lowest BCUT2D eigenvalue weighted by atomic mass is 9.71. The fraction of sp³-hybridized carbons (Fsp3) is 0.700. The zero-order chi connectivity index (χ0) is 15.2. The highest BCUT2D eigenvalue weighted by molar-refractivity contribution is 7.87. The van der Waals surface area contributed by atoms with Crippen LogP contribution in [0.25, 0.3) is 0 Å². The van der Waals surface area contributed by atoms with E-state index in [0.717, 1.165) is 0 Å². The fourth-order valence-corrected chi connectivity index (χ4v) is 2.90. The van der Waals surface area contributed by atoms with Crippen LogP contribution in [-0.2, 0) is 14.3 Å². The molecule has 114 valence electrons. The summed E-state index contributed by atoms with van der Waals surface area (Å²) in [6.07, 6.45) is 1.01. The van der Waals surface area contributed by atoms with Crippen LogP contribution in [0.3, 0.4) is 0 Å². The highest BCUT2D eigenvalue weighted by atomic mass is 32.2. The Labute approximate surface area is 112 Å². The molecule has 0 saturated carbocycles. The van der Waals surface area contributed by atoms with Gasteiger partial charge in [-0.3, -0.25) is 0 Å². The largest absolute Gasteiger partial charge is 0.534 e. The Morgan fingerprint density at radius 2 is 2.00 bits per heavy atom. The van der Waals surface area contributed by atoms with Crippen molar-refractivity contribution in [3.05, 3.63) is 11.8 Å². The van der Waals surface area contributed by atoms with E-state index in [0.29, 0.717) is 25.9 Å². The van der Waals surface area contributed by atoms with E-state index in [4.69, 9.17) is 5.11 Å². The van der Waals surface area contributed by atoms with E-state index < -0.39 is 21.7 Å². The van der Waals surface area contributed by atoms with Crippen LogP contribution in [0.15, 0.2) is 11.8 Å². The molecule has 1 saturated heterocycles. The predicted octanol–water partition coefficient (Wildman–Crippen LogP) is 1.90. The summed E-state index contributed by atoms with van der Waals surface area (Å²) in [5.41, 5.74) is -5.74. The third-order valence-corrected chi connectivity index (χ3v) is 4.49. The molecule has 1 fully saturated rings. The minimum atomic E-state index is -5.62. The van der Waals surface area contributed by atoms with Gasteiger partial charge >= 0.3 is 21.7 Å².